The minimum Gasteiger partial charge on any atom is -0.454 e. The van der Waals surface area contributed by atoms with Gasteiger partial charge in [0.1, 0.15) is 10.7 Å². The minimum atomic E-state index is -0.193. The number of piperazine rings is 2. The highest BCUT2D eigenvalue weighted by Crippen LogP contribution is 2.36. The van der Waals surface area contributed by atoms with Gasteiger partial charge in [0.25, 0.3) is 0 Å². The van der Waals surface area contributed by atoms with E-state index in [0.29, 0.717) is 59.7 Å². The molecule has 9 rings (SSSR count). The third-order valence-electron chi connectivity index (χ3n) is 11.7. The number of nitrogens with two attached hydrogens (primary N) is 2. The molecule has 4 aromatic carbocycles. The molecule has 5 heterocycles. The molecule has 74 heavy (non-hydrogen) atoms. The molecule has 2 saturated heterocycles. The van der Waals surface area contributed by atoms with Crippen molar-refractivity contribution in [3.8, 4) is 23.0 Å². The van der Waals surface area contributed by atoms with E-state index in [1.165, 1.54) is 34.5 Å². The lowest BCUT2D eigenvalue weighted by Crippen LogP contribution is -2.47. The van der Waals surface area contributed by atoms with Gasteiger partial charge in [-0.15, -0.1) is 17.0 Å². The number of nitrogen functional groups attached to an aromatic ring is 1. The fraction of sp³-hybridized carbons (Fsp3) is 0.380. The first kappa shape index (κ1) is 60.1. The number of thiazole rings is 1. The van der Waals surface area contributed by atoms with Gasteiger partial charge in [-0.25, -0.2) is 4.98 Å². The summed E-state index contributed by atoms with van der Waals surface area (Å²) in [6.07, 6.45) is 0. The first-order chi connectivity index (χ1) is 35.0. The standard InChI is InChI=1S/C24H27N5O4S.C17H27N5OS2.C9H7BrO3.BrH.H3P/c1-31-13-12-28-8-10-29(11-9-28)18-5-3-17(4-6-18)26-24-27-23(25)22(34-24)21(30)16-2-7-19-20(14-16)33-15-32-19;1-3-25-16(18)20-17(24)19-14-4-6-15(7-5-14)22-10-8-21(9-11-22)12-13-23-2;10-4-7(11)6-1-2-8-9(3-6)13-5-12-8;;/h2-7,14H,8-13,15,25H2,1H3,(H,26,27);4-7H,3,8-13H2,1-2H3,(H3,18,19,20,24);1-3H,4-5H2;1H;1H3. The molecule has 6 N–H and O–H groups in total. The Hall–Kier alpha value is -4.81. The number of amidine groups is 1. The molecule has 2 fully saturated rings. The molecule has 0 bridgehead atoms. The predicted molar refractivity (Wildman–Crippen MR) is 318 cm³/mol. The van der Waals surface area contributed by atoms with Crippen LogP contribution < -0.4 is 50.8 Å². The molecule has 4 aliphatic rings. The number of halogens is 2. The Labute approximate surface area is 468 Å². The Bertz CT molecular complexity index is 2620. The van der Waals surface area contributed by atoms with Crippen LogP contribution in [0.25, 0.3) is 0 Å². The number of anilines is 6. The van der Waals surface area contributed by atoms with Gasteiger partial charge in [-0.05, 0) is 103 Å². The number of aromatic nitrogens is 1. The summed E-state index contributed by atoms with van der Waals surface area (Å²) in [5.74, 6) is 3.47. The number of ether oxygens (including phenoxy) is 6. The van der Waals surface area contributed by atoms with Crippen molar-refractivity contribution in [3.63, 3.8) is 0 Å². The Morgan fingerprint density at radius 3 is 1.74 bits per heavy atom. The zero-order valence-corrected chi connectivity index (χ0v) is 48.9. The number of methoxy groups -OCH3 is 2. The number of fused-ring (bicyclic) bond motifs is 2. The zero-order valence-electron chi connectivity index (χ0n) is 41.7. The molecule has 24 heteroatoms. The van der Waals surface area contributed by atoms with E-state index in [-0.39, 0.29) is 57.9 Å². The SMILES string of the molecule is Br.CCSC(N)=NC(=S)Nc1ccc(N2CCN(CCOC)CC2)cc1.COCCN1CCN(c2ccc(Nc3nc(N)c(C(=O)c4ccc5c(c4)OCO5)s3)cc2)CC1.O=C(CBr)c1ccc2c(c1)OCO2.P. The zero-order chi connectivity index (χ0) is 50.8. The van der Waals surface area contributed by atoms with Crippen LogP contribution in [0.4, 0.5) is 33.7 Å². The molecular formula is C50H65Br2N10O8PS3. The monoisotopic (exact) mass is 1220 g/mol. The van der Waals surface area contributed by atoms with Crippen LogP contribution in [-0.2, 0) is 9.47 Å². The number of nitrogens with zero attached hydrogens (tertiary/aromatic N) is 6. The van der Waals surface area contributed by atoms with Crippen LogP contribution in [0, 0.1) is 0 Å². The van der Waals surface area contributed by atoms with E-state index in [1.54, 1.807) is 50.6 Å². The number of hydrogen-bond donors (Lipinski definition) is 4. The van der Waals surface area contributed by atoms with Crippen molar-refractivity contribution in [3.05, 3.63) is 101 Å². The molecule has 5 aromatic rings. The third kappa shape index (κ3) is 17.4. The summed E-state index contributed by atoms with van der Waals surface area (Å²) in [4.78, 5) is 42.8. The number of rotatable bonds is 16. The highest BCUT2D eigenvalue weighted by Gasteiger charge is 2.23. The number of ketones is 2. The number of hydrogen-bond acceptors (Lipinski definition) is 18. The third-order valence-corrected chi connectivity index (χ3v) is 14.1. The molecule has 1 unspecified atom stereocenters. The number of benzene rings is 4. The average Bonchev–Trinajstić information content (AvgIpc) is 4.18. The molecule has 0 saturated carbocycles. The van der Waals surface area contributed by atoms with Crippen molar-refractivity contribution < 1.29 is 38.0 Å². The van der Waals surface area contributed by atoms with Crippen molar-refractivity contribution in [2.24, 2.45) is 10.7 Å². The number of alkyl halides is 1. The van der Waals surface area contributed by atoms with Crippen LogP contribution in [0.3, 0.4) is 0 Å². The quantitative estimate of drug-likeness (QED) is 0.0184. The second kappa shape index (κ2) is 30.7. The average molecular weight is 1220 g/mol. The Morgan fingerprint density at radius 2 is 1.24 bits per heavy atom. The number of aliphatic imine (C=N–C) groups is 1. The molecule has 4 aliphatic heterocycles. The van der Waals surface area contributed by atoms with E-state index in [0.717, 1.165) is 95.8 Å². The van der Waals surface area contributed by atoms with E-state index in [9.17, 15) is 9.59 Å². The second-order valence-corrected chi connectivity index (χ2v) is 19.7. The van der Waals surface area contributed by atoms with Gasteiger partial charge in [-0.3, -0.25) is 19.4 Å². The van der Waals surface area contributed by atoms with Crippen molar-refractivity contribution in [2.45, 2.75) is 6.92 Å². The van der Waals surface area contributed by atoms with Crippen molar-refractivity contribution >= 4 is 134 Å². The molecule has 1 aromatic heterocycles. The van der Waals surface area contributed by atoms with Crippen LogP contribution in [0.15, 0.2) is 89.9 Å². The Balaban J connectivity index is 0.000000222. The van der Waals surface area contributed by atoms with E-state index >= 15 is 0 Å². The summed E-state index contributed by atoms with van der Waals surface area (Å²) < 4.78 is 31.3. The highest BCUT2D eigenvalue weighted by molar-refractivity contribution is 9.09. The summed E-state index contributed by atoms with van der Waals surface area (Å²) in [6, 6.07) is 26.8. The topological polar surface area (TPSA) is 204 Å². The van der Waals surface area contributed by atoms with Crippen molar-refractivity contribution in [1.29, 1.82) is 0 Å². The van der Waals surface area contributed by atoms with Crippen molar-refractivity contribution in [1.82, 2.24) is 14.8 Å². The number of Topliss-reactive ketones (excluding diaryl/α,β-unsaturated/α-hetero) is 1. The summed E-state index contributed by atoms with van der Waals surface area (Å²) in [7, 11) is 3.49. The maximum atomic E-state index is 13.0. The Kier molecular flexibility index (Phi) is 24.9. The lowest BCUT2D eigenvalue weighted by atomic mass is 10.1. The summed E-state index contributed by atoms with van der Waals surface area (Å²) in [5, 5.41) is 8.14. The molecule has 0 aliphatic carbocycles. The lowest BCUT2D eigenvalue weighted by Gasteiger charge is -2.36. The Morgan fingerprint density at radius 1 is 0.757 bits per heavy atom. The van der Waals surface area contributed by atoms with E-state index in [4.69, 9.17) is 52.1 Å². The van der Waals surface area contributed by atoms with Crippen LogP contribution in [0.5, 0.6) is 23.0 Å². The van der Waals surface area contributed by atoms with Gasteiger partial charge in [-0.2, -0.15) is 14.9 Å². The van der Waals surface area contributed by atoms with Gasteiger partial charge in [0.05, 0.1) is 18.5 Å². The smallest absolute Gasteiger partial charge is 0.231 e. The normalized spacial score (nSPS) is 14.8. The summed E-state index contributed by atoms with van der Waals surface area (Å²) in [5.41, 5.74) is 17.2. The van der Waals surface area contributed by atoms with Crippen LogP contribution in [-0.4, -0.2) is 154 Å². The number of thiocarbonyl (C=S) groups is 1. The highest BCUT2D eigenvalue weighted by atomic mass is 79.9. The molecule has 0 spiro atoms. The van der Waals surface area contributed by atoms with Crippen molar-refractivity contribution in [2.75, 3.05) is 144 Å². The van der Waals surface area contributed by atoms with Gasteiger partial charge in [0.15, 0.2) is 44.2 Å². The van der Waals surface area contributed by atoms with Crippen LogP contribution in [0.2, 0.25) is 0 Å². The van der Waals surface area contributed by atoms with Crippen LogP contribution in [0.1, 0.15) is 32.5 Å². The first-order valence-electron chi connectivity index (χ1n) is 23.4. The van der Waals surface area contributed by atoms with Gasteiger partial charge in [-0.1, -0.05) is 46.0 Å². The lowest BCUT2D eigenvalue weighted by molar-refractivity contribution is 0.102. The molecule has 18 nitrogen and oxygen atoms in total. The minimum absolute atomic E-state index is 0. The van der Waals surface area contributed by atoms with Gasteiger partial charge < -0.3 is 60.3 Å². The largest absolute Gasteiger partial charge is 0.454 e. The van der Waals surface area contributed by atoms with Gasteiger partial charge in [0.2, 0.25) is 19.4 Å². The van der Waals surface area contributed by atoms with Crippen LogP contribution >= 0.6 is 78.1 Å². The predicted octanol–water partition coefficient (Wildman–Crippen LogP) is 8.05. The number of thioether (sulfide) groups is 1. The van der Waals surface area contributed by atoms with E-state index < -0.39 is 0 Å². The fourth-order valence-electron chi connectivity index (χ4n) is 7.83. The molecular weight excluding hydrogens is 1160 g/mol. The maximum absolute atomic E-state index is 13.0. The number of carbonyl (C=O) groups excluding carboxylic acids is 2. The van der Waals surface area contributed by atoms with E-state index in [1.807, 2.05) is 31.2 Å². The molecule has 0 amide bonds. The maximum Gasteiger partial charge on any atom is 0.231 e. The van der Waals surface area contributed by atoms with E-state index in [2.05, 4.69) is 80.4 Å². The molecule has 1 atom stereocenters. The number of carbonyl (C=O) groups is 2. The molecule has 0 radical (unpaired) electrons. The summed E-state index contributed by atoms with van der Waals surface area (Å²) >= 11 is 11.0. The molecule has 400 valence electrons. The summed E-state index contributed by atoms with van der Waals surface area (Å²) in [6.45, 7) is 14.2. The second-order valence-electron chi connectivity index (χ2n) is 16.4. The van der Waals surface area contributed by atoms with Gasteiger partial charge >= 0.3 is 0 Å². The van der Waals surface area contributed by atoms with Gasteiger partial charge in [0, 0.05) is 114 Å². The first-order valence-corrected chi connectivity index (χ1v) is 26.7. The number of nitrogens with one attached hydrogen (secondary N) is 2. The fourth-order valence-corrected chi connectivity index (χ4v) is 9.75.